The Hall–Kier alpha value is -6.09. The molecular weight excluding hydrogens is 1310 g/mol. The van der Waals surface area contributed by atoms with E-state index in [9.17, 15) is 46.1 Å². The van der Waals surface area contributed by atoms with Crippen LogP contribution in [0.25, 0.3) is 0 Å². The molecule has 6 heterocycles. The number of aliphatic imine (C=N–C) groups is 2. The number of carbonyl (C=O) groups is 2. The average molecular weight is 1360 g/mol. The van der Waals surface area contributed by atoms with Crippen LogP contribution >= 0.6 is 0 Å². The van der Waals surface area contributed by atoms with Crippen molar-refractivity contribution in [2.24, 2.45) is 9.98 Å². The summed E-state index contributed by atoms with van der Waals surface area (Å²) in [7, 11) is -8.18. The molecule has 0 unspecified atom stereocenters. The van der Waals surface area contributed by atoms with E-state index in [1.165, 1.54) is 36.7 Å². The molecule has 0 atom stereocenters. The molecule has 0 saturated heterocycles. The predicted octanol–water partition coefficient (Wildman–Crippen LogP) is -2.46. The fourth-order valence-corrected chi connectivity index (χ4v) is 3.76. The van der Waals surface area contributed by atoms with E-state index in [0.29, 0.717) is 11.6 Å². The maximum atomic E-state index is 12.2. The zero-order valence-corrected chi connectivity index (χ0v) is 45.5. The number of pyridine rings is 6. The third kappa shape index (κ3) is 38.2. The largest absolute Gasteiger partial charge is 2.00 e. The van der Waals surface area contributed by atoms with Crippen LogP contribution in [0.2, 0.25) is 0 Å². The van der Waals surface area contributed by atoms with E-state index in [2.05, 4.69) is 50.5 Å². The first-order chi connectivity index (χ1) is 33.9. The number of aliphatic hydroxyl groups is 4. The molecule has 16 N–H and O–H groups in total. The van der Waals surface area contributed by atoms with Crippen molar-refractivity contribution in [2.75, 3.05) is 39.1 Å². The van der Waals surface area contributed by atoms with Crippen LogP contribution in [0.4, 0.5) is 49.6 Å². The summed E-state index contributed by atoms with van der Waals surface area (Å²) in [4.78, 5) is 56.1. The number of amides is 2. The van der Waals surface area contributed by atoms with Crippen molar-refractivity contribution in [3.8, 4) is 0 Å². The summed E-state index contributed by atoms with van der Waals surface area (Å²) >= 11 is 0. The van der Waals surface area contributed by atoms with Crippen LogP contribution in [0.3, 0.4) is 0 Å². The molecule has 6 aromatic rings. The quantitative estimate of drug-likeness (QED) is 0.0302. The van der Waals surface area contributed by atoms with Crippen LogP contribution < -0.4 is 20.8 Å². The molecule has 444 valence electrons. The summed E-state index contributed by atoms with van der Waals surface area (Å²) in [6.45, 7) is 0. The first-order valence-electron chi connectivity index (χ1n) is 18.5. The maximum absolute atomic E-state index is 12.2. The molecule has 0 spiro atoms. The Morgan fingerprint density at radius 2 is 0.696 bits per heavy atom. The summed E-state index contributed by atoms with van der Waals surface area (Å²) in [5.41, 5.74) is -11.0. The number of aromatic nitrogens is 6. The Labute approximate surface area is 496 Å². The van der Waals surface area contributed by atoms with Crippen molar-refractivity contribution < 1.29 is 186 Å². The number of rotatable bonds is 8. The summed E-state index contributed by atoms with van der Waals surface area (Å²) < 4.78 is 118. The number of nitrogens with zero attached hydrogens (tertiary/aromatic N) is 8. The monoisotopic (exact) mass is 1360 g/mol. The molecule has 39 heteroatoms. The van der Waals surface area contributed by atoms with Crippen molar-refractivity contribution in [2.45, 2.75) is 11.0 Å². The normalized spacial score (nSPS) is 9.87. The summed E-state index contributed by atoms with van der Waals surface area (Å²) in [5, 5.41) is 57.5. The first kappa shape index (κ1) is 92.3. The van der Waals surface area contributed by atoms with E-state index >= 15 is 0 Å². The molecule has 0 saturated carbocycles. The molecule has 2 radical (unpaired) electrons. The van der Waals surface area contributed by atoms with Gasteiger partial charge in [-0.25, -0.2) is 56.7 Å². The number of hydrogen-bond donors (Lipinski definition) is 6. The first-order valence-corrected chi connectivity index (χ1v) is 21.3. The Balaban J connectivity index is -0.000000119. The second kappa shape index (κ2) is 49.0. The van der Waals surface area contributed by atoms with Gasteiger partial charge in [-0.3, -0.25) is 9.59 Å². The molecule has 6 aromatic heterocycles. The van der Waals surface area contributed by atoms with Crippen LogP contribution in [0.5, 0.6) is 0 Å². The standard InChI is InChI=1S/2C17H13N5O2.2CHF3O3S.4CH4O.Co.Eu.5H2O/c2*23-16(21-14-8-1-3-10-18-14)12-6-5-7-13(20-12)17(24)22-15-9-2-4-11-19-15;2*2-1(3,4)8(5,6)7;4*1-2;;;;;;;/h2*1-11H,(H,18,21,23)(H,19,22,24);2*(H,5,6,7);4*2H,1H3;;;5*1H2/q;;;;;;;;2*+2;;;;;/p-4. The van der Waals surface area contributed by atoms with Crippen molar-refractivity contribution in [3.63, 3.8) is 0 Å². The van der Waals surface area contributed by atoms with E-state index in [-0.39, 0.29) is 128 Å². The van der Waals surface area contributed by atoms with Gasteiger partial charge < -0.3 is 77.8 Å². The van der Waals surface area contributed by atoms with Crippen LogP contribution in [0, 0.1) is 49.4 Å². The van der Waals surface area contributed by atoms with Crippen molar-refractivity contribution in [1.82, 2.24) is 29.9 Å². The number of hydrogen-bond acceptors (Lipinski definition) is 22. The average Bonchev–Trinajstić information content (AvgIpc) is 3.37. The van der Waals surface area contributed by atoms with E-state index in [0.717, 1.165) is 28.4 Å². The molecule has 2 amide bonds. The van der Waals surface area contributed by atoms with Gasteiger partial charge in [0, 0.05) is 65.0 Å². The number of aliphatic hydroxyl groups excluding tert-OH is 4. The van der Waals surface area contributed by atoms with Gasteiger partial charge in [0.1, 0.15) is 23.0 Å². The number of nitrogens with one attached hydrogen (secondary N) is 2. The molecule has 6 rings (SSSR count). The second-order valence-electron chi connectivity index (χ2n) is 11.2. The fraction of sp³-hybridized carbons (Fsp3) is 0.150. The minimum atomic E-state index is -6.09. The minimum absolute atomic E-state index is 0. The number of carbonyl (C=O) groups excluding carboxylic acids is 2. The third-order valence-electron chi connectivity index (χ3n) is 6.51. The zero-order valence-electron chi connectivity index (χ0n) is 40.4. The van der Waals surface area contributed by atoms with Crippen LogP contribution in [-0.2, 0) is 37.0 Å². The van der Waals surface area contributed by atoms with E-state index in [1.807, 2.05) is 0 Å². The van der Waals surface area contributed by atoms with Gasteiger partial charge >= 0.3 is 77.2 Å². The van der Waals surface area contributed by atoms with Gasteiger partial charge in [-0.05, 0) is 72.8 Å². The zero-order chi connectivity index (χ0) is 55.6. The van der Waals surface area contributed by atoms with E-state index in [4.69, 9.17) is 46.4 Å². The Kier molecular flexibility index (Phi) is 57.2. The predicted molar refractivity (Wildman–Crippen MR) is 256 cm³/mol. The van der Waals surface area contributed by atoms with Crippen LogP contribution in [-0.4, -0.2) is 167 Å². The van der Waals surface area contributed by atoms with Gasteiger partial charge in [0.15, 0.2) is 31.9 Å². The number of alkyl halides is 6. The van der Waals surface area contributed by atoms with E-state index in [1.54, 1.807) is 97.3 Å². The molecule has 0 aliphatic heterocycles. The van der Waals surface area contributed by atoms with Crippen LogP contribution in [0.1, 0.15) is 32.4 Å². The molecule has 79 heavy (non-hydrogen) atoms. The SMILES string of the molecule is CO.CO.CO.CO.O.O.O.O.O.O=C(Nc1ccccn1)c1cccc(C(=O)Nc2ccccn2)n1.O=S(=O)([O-])C(F)(F)F.O=S(=O)([O-])C(F)(F)F.[Co+2].[Eu+2].[O-]/C(=N\c1ccccn1)c1cccc(/C([O-])=N/c2ccccn2)n1. The second-order valence-corrected chi connectivity index (χ2v) is 13.9. The summed E-state index contributed by atoms with van der Waals surface area (Å²) in [6, 6.07) is 29.6. The maximum Gasteiger partial charge on any atom is 2.00 e. The Morgan fingerprint density at radius 1 is 0.456 bits per heavy atom. The molecule has 29 nitrogen and oxygen atoms in total. The van der Waals surface area contributed by atoms with Gasteiger partial charge in [-0.2, -0.15) is 26.3 Å². The molecule has 0 aliphatic carbocycles. The molecule has 0 aromatic carbocycles. The molecule has 0 fully saturated rings. The smallest absolute Gasteiger partial charge is 0.857 e. The molecule has 0 bridgehead atoms. The molecular formula is C40H50CoEuF6N10O19S2. The van der Waals surface area contributed by atoms with Gasteiger partial charge in [0.2, 0.25) is 0 Å². The fourth-order valence-electron chi connectivity index (χ4n) is 3.76. The molecule has 0 aliphatic rings. The Morgan fingerprint density at radius 3 is 0.924 bits per heavy atom. The van der Waals surface area contributed by atoms with Gasteiger partial charge in [-0.15, -0.1) is 0 Å². The van der Waals surface area contributed by atoms with Crippen molar-refractivity contribution in [1.29, 1.82) is 0 Å². The van der Waals surface area contributed by atoms with Crippen molar-refractivity contribution >= 4 is 67.1 Å². The summed E-state index contributed by atoms with van der Waals surface area (Å²) in [6.07, 6.45) is 6.20. The minimum Gasteiger partial charge on any atom is -0.857 e. The third-order valence-corrected chi connectivity index (χ3v) is 7.65. The number of anilines is 2. The van der Waals surface area contributed by atoms with Gasteiger partial charge in [0.25, 0.3) is 11.8 Å². The van der Waals surface area contributed by atoms with Crippen LogP contribution in [0.15, 0.2) is 144 Å². The summed E-state index contributed by atoms with van der Waals surface area (Å²) in [5.74, 6) is -0.677. The number of halogens is 6. The Bertz CT molecular complexity index is 2620. The topological polar surface area (TPSA) is 559 Å². The van der Waals surface area contributed by atoms with Crippen molar-refractivity contribution in [3.05, 3.63) is 157 Å². The van der Waals surface area contributed by atoms with Gasteiger partial charge in [-0.1, -0.05) is 36.4 Å². The van der Waals surface area contributed by atoms with Gasteiger partial charge in [0.05, 0.1) is 11.4 Å². The van der Waals surface area contributed by atoms with E-state index < -0.39 is 54.9 Å².